The Kier molecular flexibility index (Phi) is 28.0. The van der Waals surface area contributed by atoms with Crippen LogP contribution in [-0.2, 0) is 19.1 Å². The van der Waals surface area contributed by atoms with Gasteiger partial charge in [0.2, 0.25) is 0 Å². The van der Waals surface area contributed by atoms with Crippen LogP contribution in [0.3, 0.4) is 0 Å². The number of unbranched alkanes of at least 4 members (excludes halogenated alkanes) is 22. The summed E-state index contributed by atoms with van der Waals surface area (Å²) < 4.78 is 50.2. The van der Waals surface area contributed by atoms with Crippen molar-refractivity contribution in [3.05, 3.63) is 24.3 Å². The summed E-state index contributed by atoms with van der Waals surface area (Å²) in [6.07, 6.45) is 34.2. The molecule has 0 saturated carbocycles. The summed E-state index contributed by atoms with van der Waals surface area (Å²) in [7, 11) is 0. The Morgan fingerprint density at radius 2 is 0.909 bits per heavy atom. The predicted molar refractivity (Wildman–Crippen MR) is 190 cm³/mol. The lowest BCUT2D eigenvalue weighted by atomic mass is 10.1. The van der Waals surface area contributed by atoms with Crippen LogP contribution >= 0.6 is 11.6 Å². The summed E-state index contributed by atoms with van der Waals surface area (Å²) in [5.41, 5.74) is 0. The zero-order valence-corrected chi connectivity index (χ0v) is 29.4. The van der Waals surface area contributed by atoms with Gasteiger partial charge in [0.15, 0.2) is 0 Å². The minimum atomic E-state index is -3.28. The molecule has 258 valence electrons. The molecule has 0 aromatic heterocycles. The van der Waals surface area contributed by atoms with Crippen molar-refractivity contribution in [2.75, 3.05) is 12.4 Å². The number of carbonyl (C=O) groups is 2. The van der Waals surface area contributed by atoms with E-state index in [1.807, 2.05) is 0 Å². The molecule has 0 fully saturated rings. The third-order valence-electron chi connectivity index (χ3n) is 7.84. The molecule has 0 heterocycles. The molecule has 0 radical (unpaired) electrons. The number of ether oxygens (including phenoxy) is 2. The topological polar surface area (TPSA) is 52.6 Å². The molecule has 5 heteroatoms. The van der Waals surface area contributed by atoms with Crippen LogP contribution in [0.5, 0.6) is 0 Å². The fourth-order valence-electron chi connectivity index (χ4n) is 5.06. The molecule has 0 aromatic carbocycles. The second kappa shape index (κ2) is 36.2. The van der Waals surface area contributed by atoms with Gasteiger partial charge in [0.1, 0.15) is 12.6 Å². The molecule has 44 heavy (non-hydrogen) atoms. The molecule has 1 atom stereocenters. The lowest BCUT2D eigenvalue weighted by Gasteiger charge is -2.15. The Labute approximate surface area is 285 Å². The van der Waals surface area contributed by atoms with E-state index in [2.05, 4.69) is 38.2 Å². The van der Waals surface area contributed by atoms with Crippen molar-refractivity contribution < 1.29 is 25.9 Å². The maximum atomic E-state index is 12.5. The van der Waals surface area contributed by atoms with Crippen LogP contribution in [0.25, 0.3) is 0 Å². The van der Waals surface area contributed by atoms with Gasteiger partial charge < -0.3 is 9.47 Å². The minimum Gasteiger partial charge on any atom is -0.462 e. The van der Waals surface area contributed by atoms with Gasteiger partial charge in [-0.3, -0.25) is 9.59 Å². The van der Waals surface area contributed by atoms with E-state index >= 15 is 0 Å². The van der Waals surface area contributed by atoms with Gasteiger partial charge in [-0.05, 0) is 64.2 Å². The molecule has 0 N–H and O–H groups in total. The highest BCUT2D eigenvalue weighted by atomic mass is 35.5. The maximum absolute atomic E-state index is 12.5. The number of hydrogen-bond acceptors (Lipinski definition) is 4. The second-order valence-electron chi connectivity index (χ2n) is 12.1. The predicted octanol–water partition coefficient (Wildman–Crippen LogP) is 12.8. The highest BCUT2D eigenvalue weighted by molar-refractivity contribution is 6.18. The van der Waals surface area contributed by atoms with E-state index in [-0.39, 0.29) is 12.8 Å². The Morgan fingerprint density at radius 3 is 1.30 bits per heavy atom. The van der Waals surface area contributed by atoms with Crippen molar-refractivity contribution >= 4 is 23.5 Å². The van der Waals surface area contributed by atoms with Crippen LogP contribution in [0.2, 0.25) is 0 Å². The molecule has 0 unspecified atom stereocenters. The first-order valence-electron chi connectivity index (χ1n) is 20.8. The van der Waals surface area contributed by atoms with Gasteiger partial charge in [0.05, 0.1) is 9.94 Å². The molecule has 0 spiro atoms. The smallest absolute Gasteiger partial charge is 0.306 e. The van der Waals surface area contributed by atoms with Crippen molar-refractivity contribution in [1.82, 2.24) is 0 Å². The van der Waals surface area contributed by atoms with Crippen molar-refractivity contribution in [2.45, 2.75) is 200 Å². The van der Waals surface area contributed by atoms with Crippen molar-refractivity contribution in [3.8, 4) is 0 Å². The van der Waals surface area contributed by atoms with Crippen LogP contribution in [0.15, 0.2) is 24.3 Å². The van der Waals surface area contributed by atoms with Gasteiger partial charge in [-0.15, -0.1) is 11.6 Å². The first-order valence-corrected chi connectivity index (χ1v) is 18.7. The number of halogens is 1. The van der Waals surface area contributed by atoms with E-state index in [1.54, 1.807) is 0 Å². The quantitative estimate of drug-likeness (QED) is 0.0303. The van der Waals surface area contributed by atoms with E-state index in [0.29, 0.717) is 12.8 Å². The van der Waals surface area contributed by atoms with Gasteiger partial charge in [-0.2, -0.15) is 0 Å². The van der Waals surface area contributed by atoms with Gasteiger partial charge >= 0.3 is 11.9 Å². The first-order chi connectivity index (χ1) is 23.4. The highest BCUT2D eigenvalue weighted by Crippen LogP contribution is 2.13. The molecule has 0 rings (SSSR count). The highest BCUT2D eigenvalue weighted by Gasteiger charge is 2.16. The SMILES string of the molecule is [2H]C([2H])(Cl)[C@]([2H])(OC(=O)CCCCCCC/C=C\CCCCCCCC)C([2H])([2H])OC(=O)CCCCCCC/C=C\CCCCCCCC. The van der Waals surface area contributed by atoms with Gasteiger partial charge in [0.25, 0.3) is 0 Å². The fraction of sp³-hybridized carbons (Fsp3) is 0.846. The molecule has 0 aliphatic heterocycles. The third-order valence-corrected chi connectivity index (χ3v) is 8.02. The van der Waals surface area contributed by atoms with Crippen molar-refractivity contribution in [2.24, 2.45) is 0 Å². The van der Waals surface area contributed by atoms with Gasteiger partial charge in [0, 0.05) is 15.6 Å². The summed E-state index contributed by atoms with van der Waals surface area (Å²) in [6.45, 7) is 1.18. The zero-order chi connectivity index (χ0) is 36.7. The minimum absolute atomic E-state index is 0.0815. The number of allylic oxidation sites excluding steroid dienone is 4. The normalized spacial score (nSPS) is 15.4. The van der Waals surface area contributed by atoms with E-state index in [1.165, 1.54) is 77.0 Å². The molecule has 0 aliphatic rings. The summed E-state index contributed by atoms with van der Waals surface area (Å²) in [6, 6.07) is 0. The van der Waals surface area contributed by atoms with Gasteiger partial charge in [-0.25, -0.2) is 0 Å². The van der Waals surface area contributed by atoms with Gasteiger partial charge in [-0.1, -0.05) is 141 Å². The molecule has 0 bridgehead atoms. The zero-order valence-electron chi connectivity index (χ0n) is 33.6. The van der Waals surface area contributed by atoms with E-state index in [4.69, 9.17) is 27.9 Å². The number of carbonyl (C=O) groups excluding carboxylic acids is 2. The lowest BCUT2D eigenvalue weighted by Crippen LogP contribution is -2.26. The largest absolute Gasteiger partial charge is 0.462 e. The summed E-state index contributed by atoms with van der Waals surface area (Å²) in [4.78, 5) is 24.9. The molecule has 0 saturated heterocycles. The van der Waals surface area contributed by atoms with Crippen molar-refractivity contribution in [1.29, 1.82) is 0 Å². The Bertz CT molecular complexity index is 878. The third kappa shape index (κ3) is 33.6. The van der Waals surface area contributed by atoms with Crippen LogP contribution in [0.4, 0.5) is 0 Å². The summed E-state index contributed by atoms with van der Waals surface area (Å²) in [5, 5.41) is 0. The second-order valence-corrected chi connectivity index (χ2v) is 12.3. The number of esters is 2. The van der Waals surface area contributed by atoms with Crippen LogP contribution in [-0.4, -0.2) is 30.4 Å². The Morgan fingerprint density at radius 1 is 0.568 bits per heavy atom. The van der Waals surface area contributed by atoms with Crippen LogP contribution < -0.4 is 0 Å². The van der Waals surface area contributed by atoms with E-state index in [9.17, 15) is 9.59 Å². The van der Waals surface area contributed by atoms with Crippen molar-refractivity contribution in [3.63, 3.8) is 0 Å². The molecule has 4 nitrogen and oxygen atoms in total. The lowest BCUT2D eigenvalue weighted by molar-refractivity contribution is -0.157. The average molecular weight is 644 g/mol. The molecule has 0 aliphatic carbocycles. The molecule has 0 aromatic rings. The molecule has 0 amide bonds. The Balaban J connectivity index is 4.23. The summed E-state index contributed by atoms with van der Waals surface area (Å²) in [5.74, 6) is -5.01. The molecular formula is C39H71ClO4. The standard InChI is InChI=1S/C39H71ClO4/c1-3-5-7-9-11-13-15-17-19-21-23-25-27-29-31-33-38(41)43-36-37(35-40)44-39(42)34-32-30-28-26-24-22-20-18-16-14-12-10-8-6-4-2/h17-20,37H,3-16,21-36H2,1-2H3/b19-17-,20-18-/t37-/m0/s1/i35D2,36D2,37D. The molecular weight excluding hydrogens is 568 g/mol. The van der Waals surface area contributed by atoms with Crippen LogP contribution in [0.1, 0.15) is 200 Å². The number of alkyl halides is 1. The average Bonchev–Trinajstić information content (AvgIpc) is 3.03. The van der Waals surface area contributed by atoms with E-state index in [0.717, 1.165) is 77.0 Å². The summed E-state index contributed by atoms with van der Waals surface area (Å²) >= 11 is 5.72. The fourth-order valence-corrected chi connectivity index (χ4v) is 5.14. The number of rotatable bonds is 34. The number of hydrogen-bond donors (Lipinski definition) is 0. The maximum Gasteiger partial charge on any atom is 0.306 e. The first kappa shape index (κ1) is 34.1. The monoisotopic (exact) mass is 644 g/mol. The Hall–Kier alpha value is -1.29. The van der Waals surface area contributed by atoms with Crippen LogP contribution in [0, 0.1) is 0 Å². The van der Waals surface area contributed by atoms with E-state index < -0.39 is 30.4 Å².